The van der Waals surface area contributed by atoms with Crippen LogP contribution in [0.1, 0.15) is 12.8 Å². The van der Waals surface area contributed by atoms with Gasteiger partial charge in [0.2, 0.25) is 5.91 Å². The summed E-state index contributed by atoms with van der Waals surface area (Å²) in [4.78, 5) is 13.1. The van der Waals surface area contributed by atoms with E-state index in [4.69, 9.17) is 0 Å². The summed E-state index contributed by atoms with van der Waals surface area (Å²) in [5.74, 6) is -0.00574. The van der Waals surface area contributed by atoms with Gasteiger partial charge in [-0.25, -0.2) is 0 Å². The van der Waals surface area contributed by atoms with Crippen molar-refractivity contribution in [2.24, 2.45) is 0 Å². The molecule has 1 aliphatic carbocycles. The Balaban J connectivity index is 1.71. The zero-order valence-electron chi connectivity index (χ0n) is 8.02. The highest BCUT2D eigenvalue weighted by Gasteiger charge is 2.31. The minimum absolute atomic E-state index is 0.00574. The Labute approximate surface area is 82.7 Å². The molecule has 2 fully saturated rings. The Bertz CT molecular complexity index is 220. The first kappa shape index (κ1) is 9.89. The molecular formula is C9H16N2O3. The van der Waals surface area contributed by atoms with Crippen LogP contribution in [0.3, 0.4) is 0 Å². The fourth-order valence-corrected chi connectivity index (χ4v) is 1.68. The molecule has 1 amide bonds. The van der Waals surface area contributed by atoms with Crippen LogP contribution in [0.4, 0.5) is 0 Å². The molecular weight excluding hydrogens is 184 g/mol. The second-order valence-electron chi connectivity index (χ2n) is 4.17. The molecule has 5 heteroatoms. The van der Waals surface area contributed by atoms with E-state index in [9.17, 15) is 15.0 Å². The molecule has 3 N–H and O–H groups in total. The van der Waals surface area contributed by atoms with Gasteiger partial charge in [0, 0.05) is 19.1 Å². The first-order chi connectivity index (χ1) is 6.65. The minimum Gasteiger partial charge on any atom is -0.389 e. The topological polar surface area (TPSA) is 72.8 Å². The van der Waals surface area contributed by atoms with Crippen LogP contribution < -0.4 is 5.32 Å². The molecule has 14 heavy (non-hydrogen) atoms. The highest BCUT2D eigenvalue weighted by Crippen LogP contribution is 2.18. The van der Waals surface area contributed by atoms with Crippen molar-refractivity contribution in [3.8, 4) is 0 Å². The number of nitrogens with one attached hydrogen (secondary N) is 1. The third-order valence-electron chi connectivity index (χ3n) is 2.64. The second kappa shape index (κ2) is 3.84. The Kier molecular flexibility index (Phi) is 2.71. The molecule has 0 radical (unpaired) electrons. The van der Waals surface area contributed by atoms with Crippen LogP contribution in [-0.2, 0) is 4.79 Å². The van der Waals surface area contributed by atoms with E-state index < -0.39 is 12.2 Å². The van der Waals surface area contributed by atoms with E-state index in [2.05, 4.69) is 5.32 Å². The van der Waals surface area contributed by atoms with Crippen molar-refractivity contribution >= 4 is 5.91 Å². The van der Waals surface area contributed by atoms with Gasteiger partial charge in [0.05, 0.1) is 18.8 Å². The summed E-state index contributed by atoms with van der Waals surface area (Å²) in [6, 6.07) is 0.375. The third-order valence-corrected chi connectivity index (χ3v) is 2.64. The van der Waals surface area contributed by atoms with Gasteiger partial charge in [0.15, 0.2) is 0 Å². The molecule has 5 nitrogen and oxygen atoms in total. The predicted molar refractivity (Wildman–Crippen MR) is 49.6 cm³/mol. The summed E-state index contributed by atoms with van der Waals surface area (Å²) in [6.45, 7) is 1.06. The Morgan fingerprint density at radius 3 is 2.36 bits per heavy atom. The highest BCUT2D eigenvalue weighted by atomic mass is 16.3. The fourth-order valence-electron chi connectivity index (χ4n) is 1.68. The van der Waals surface area contributed by atoms with Gasteiger partial charge < -0.3 is 15.5 Å². The maximum atomic E-state index is 11.3. The summed E-state index contributed by atoms with van der Waals surface area (Å²) in [5.41, 5.74) is 0. The van der Waals surface area contributed by atoms with Crippen LogP contribution in [-0.4, -0.2) is 58.9 Å². The number of likely N-dealkylation sites (tertiary alicyclic amines) is 1. The Morgan fingerprint density at radius 2 is 1.86 bits per heavy atom. The number of amides is 1. The average molecular weight is 200 g/mol. The lowest BCUT2D eigenvalue weighted by Gasteiger charge is -2.13. The number of hydrogen-bond donors (Lipinski definition) is 3. The molecule has 2 rings (SSSR count). The molecule has 0 bridgehead atoms. The quantitative estimate of drug-likeness (QED) is 0.508. The van der Waals surface area contributed by atoms with E-state index in [1.54, 1.807) is 4.90 Å². The predicted octanol–water partition coefficient (Wildman–Crippen LogP) is -1.70. The van der Waals surface area contributed by atoms with Gasteiger partial charge in [0.25, 0.3) is 0 Å². The second-order valence-corrected chi connectivity index (χ2v) is 4.17. The van der Waals surface area contributed by atoms with E-state index in [-0.39, 0.29) is 12.5 Å². The lowest BCUT2D eigenvalue weighted by Crippen LogP contribution is -2.37. The van der Waals surface area contributed by atoms with Crippen LogP contribution in [0.5, 0.6) is 0 Å². The number of β-amino-alcohol motifs (C(OH)–C–C–N with tert-alkyl or cyclic N) is 2. The molecule has 1 heterocycles. The van der Waals surface area contributed by atoms with Crippen molar-refractivity contribution < 1.29 is 15.0 Å². The van der Waals surface area contributed by atoms with Crippen molar-refractivity contribution in [1.82, 2.24) is 10.2 Å². The van der Waals surface area contributed by atoms with Crippen molar-refractivity contribution in [3.63, 3.8) is 0 Å². The first-order valence-electron chi connectivity index (χ1n) is 5.03. The summed E-state index contributed by atoms with van der Waals surface area (Å²) < 4.78 is 0. The maximum absolute atomic E-state index is 11.3. The fraction of sp³-hybridized carbons (Fsp3) is 0.889. The number of aliphatic hydroxyl groups is 2. The Hall–Kier alpha value is -0.650. The number of rotatable bonds is 3. The molecule has 1 saturated heterocycles. The number of carbonyl (C=O) groups excluding carboxylic acids is 1. The smallest absolute Gasteiger partial charge is 0.234 e. The van der Waals surface area contributed by atoms with E-state index in [0.717, 1.165) is 12.8 Å². The van der Waals surface area contributed by atoms with Gasteiger partial charge in [-0.15, -0.1) is 0 Å². The lowest BCUT2D eigenvalue weighted by molar-refractivity contribution is -0.122. The van der Waals surface area contributed by atoms with Crippen molar-refractivity contribution in [1.29, 1.82) is 0 Å². The number of nitrogens with zero attached hydrogens (tertiary/aromatic N) is 1. The summed E-state index contributed by atoms with van der Waals surface area (Å²) in [7, 11) is 0. The average Bonchev–Trinajstić information content (AvgIpc) is 2.82. The molecule has 2 aliphatic rings. The molecule has 1 saturated carbocycles. The Morgan fingerprint density at radius 1 is 1.29 bits per heavy atom. The standard InChI is InChI=1S/C9H16N2O3/c12-7-3-11(4-8(7)13)5-9(14)10-6-1-2-6/h6-8,12-13H,1-5H2,(H,10,14)/t7-,8+. The zero-order chi connectivity index (χ0) is 10.1. The maximum Gasteiger partial charge on any atom is 0.234 e. The molecule has 2 atom stereocenters. The molecule has 80 valence electrons. The molecule has 0 aromatic rings. The summed E-state index contributed by atoms with van der Waals surface area (Å²) in [5, 5.41) is 21.4. The van der Waals surface area contributed by atoms with Gasteiger partial charge >= 0.3 is 0 Å². The van der Waals surface area contributed by atoms with Gasteiger partial charge in [-0.3, -0.25) is 9.69 Å². The first-order valence-corrected chi connectivity index (χ1v) is 5.03. The molecule has 0 unspecified atom stereocenters. The normalized spacial score (nSPS) is 33.3. The third kappa shape index (κ3) is 2.43. The molecule has 0 aromatic carbocycles. The van der Waals surface area contributed by atoms with E-state index in [1.807, 2.05) is 0 Å². The largest absolute Gasteiger partial charge is 0.389 e. The number of hydrogen-bond acceptors (Lipinski definition) is 4. The molecule has 1 aliphatic heterocycles. The minimum atomic E-state index is -0.705. The number of aliphatic hydroxyl groups excluding tert-OH is 2. The monoisotopic (exact) mass is 200 g/mol. The van der Waals surface area contributed by atoms with Crippen molar-refractivity contribution in [2.45, 2.75) is 31.1 Å². The molecule has 0 aromatic heterocycles. The van der Waals surface area contributed by atoms with E-state index >= 15 is 0 Å². The van der Waals surface area contributed by atoms with Crippen LogP contribution in [0, 0.1) is 0 Å². The lowest BCUT2D eigenvalue weighted by atomic mass is 10.3. The van der Waals surface area contributed by atoms with Crippen LogP contribution >= 0.6 is 0 Å². The van der Waals surface area contributed by atoms with Crippen molar-refractivity contribution in [3.05, 3.63) is 0 Å². The van der Waals surface area contributed by atoms with Crippen molar-refractivity contribution in [2.75, 3.05) is 19.6 Å². The van der Waals surface area contributed by atoms with Gasteiger partial charge in [-0.1, -0.05) is 0 Å². The highest BCUT2D eigenvalue weighted by molar-refractivity contribution is 5.78. The van der Waals surface area contributed by atoms with E-state index in [1.165, 1.54) is 0 Å². The van der Waals surface area contributed by atoms with E-state index in [0.29, 0.717) is 19.1 Å². The van der Waals surface area contributed by atoms with Gasteiger partial charge in [-0.05, 0) is 12.8 Å². The van der Waals surface area contributed by atoms with Gasteiger partial charge in [-0.2, -0.15) is 0 Å². The van der Waals surface area contributed by atoms with Crippen LogP contribution in [0.2, 0.25) is 0 Å². The summed E-state index contributed by atoms with van der Waals surface area (Å²) >= 11 is 0. The van der Waals surface area contributed by atoms with Crippen LogP contribution in [0.15, 0.2) is 0 Å². The van der Waals surface area contributed by atoms with Crippen LogP contribution in [0.25, 0.3) is 0 Å². The SMILES string of the molecule is O=C(CN1C[C@@H](O)[C@@H](O)C1)NC1CC1. The summed E-state index contributed by atoms with van der Waals surface area (Å²) in [6.07, 6.45) is 0.751. The number of carbonyl (C=O) groups is 1. The zero-order valence-corrected chi connectivity index (χ0v) is 8.02. The molecule has 0 spiro atoms. The van der Waals surface area contributed by atoms with Gasteiger partial charge in [0.1, 0.15) is 0 Å².